The minimum Gasteiger partial charge on any atom is -0.399 e. The monoisotopic (exact) mass is 303 g/mol. The largest absolute Gasteiger partial charge is 0.494 e. The summed E-state index contributed by atoms with van der Waals surface area (Å²) in [7, 11) is 1.18. The highest BCUT2D eigenvalue weighted by atomic mass is 16.7. The summed E-state index contributed by atoms with van der Waals surface area (Å²) < 4.78 is 12.1. The maximum Gasteiger partial charge on any atom is 0.494 e. The van der Waals surface area contributed by atoms with Gasteiger partial charge in [0.2, 0.25) is 0 Å². The third kappa shape index (κ3) is 1.94. The molecule has 0 spiro atoms. The van der Waals surface area contributed by atoms with Crippen LogP contribution in [0.4, 0.5) is 5.69 Å². The lowest BCUT2D eigenvalue weighted by Gasteiger charge is -2.32. The molecule has 2 heterocycles. The average molecular weight is 303 g/mol. The maximum absolute atomic E-state index is 12.1. The molecule has 2 aliphatic heterocycles. The molecule has 1 N–H and O–H groups in total. The molecule has 1 saturated heterocycles. The zero-order valence-corrected chi connectivity index (χ0v) is 13.9. The molecule has 1 aromatic carbocycles. The Labute approximate surface area is 131 Å². The van der Waals surface area contributed by atoms with Crippen LogP contribution in [-0.4, -0.2) is 36.4 Å². The first-order valence-electron chi connectivity index (χ1n) is 7.48. The molecule has 5 nitrogen and oxygen atoms in total. The molecule has 1 amide bonds. The minimum absolute atomic E-state index is 0.325. The van der Waals surface area contributed by atoms with Gasteiger partial charge in [-0.05, 0) is 46.1 Å². The fourth-order valence-electron chi connectivity index (χ4n) is 2.91. The first-order chi connectivity index (χ1) is 9.97. The lowest BCUT2D eigenvalue weighted by atomic mass is 9.78. The van der Waals surface area contributed by atoms with Crippen LogP contribution in [0.1, 0.15) is 40.2 Å². The summed E-state index contributed by atoms with van der Waals surface area (Å²) >= 11 is 0. The van der Waals surface area contributed by atoms with Crippen molar-refractivity contribution in [3.8, 4) is 0 Å². The third-order valence-electron chi connectivity index (χ3n) is 5.15. The van der Waals surface area contributed by atoms with E-state index in [0.717, 1.165) is 5.46 Å². The van der Waals surface area contributed by atoms with Crippen LogP contribution in [0, 0.1) is 0 Å². The Balaban J connectivity index is 1.99. The summed E-state index contributed by atoms with van der Waals surface area (Å²) in [5.74, 6) is -0.325. The Kier molecular flexibility index (Phi) is 3.06. The fraction of sp³-hybridized carbons (Fsp3) is 0.562. The molecule has 0 unspecified atom stereocenters. The van der Waals surface area contributed by atoms with Gasteiger partial charge in [-0.1, -0.05) is 12.1 Å². The Hall–Kier alpha value is -1.37. The van der Waals surface area contributed by atoms with E-state index >= 15 is 0 Å². The van der Waals surface area contributed by atoms with Gasteiger partial charge in [0.05, 0.1) is 11.2 Å². The fourth-order valence-corrected chi connectivity index (χ4v) is 2.91. The van der Waals surface area contributed by atoms with Crippen molar-refractivity contribution >= 4 is 24.2 Å². The number of aliphatic hydroxyl groups is 1. The Morgan fingerprint density at radius 3 is 2.18 bits per heavy atom. The van der Waals surface area contributed by atoms with Crippen molar-refractivity contribution < 1.29 is 19.2 Å². The number of carbonyl (C=O) groups is 1. The molecule has 1 fully saturated rings. The van der Waals surface area contributed by atoms with Gasteiger partial charge < -0.3 is 19.3 Å². The summed E-state index contributed by atoms with van der Waals surface area (Å²) in [6, 6.07) is 5.48. The molecule has 1 aromatic rings. The Morgan fingerprint density at radius 2 is 1.64 bits per heavy atom. The second-order valence-corrected chi connectivity index (χ2v) is 7.30. The van der Waals surface area contributed by atoms with E-state index in [9.17, 15) is 9.90 Å². The predicted octanol–water partition coefficient (Wildman–Crippen LogP) is 1.17. The van der Waals surface area contributed by atoms with E-state index in [1.165, 1.54) is 11.8 Å². The van der Waals surface area contributed by atoms with E-state index in [4.69, 9.17) is 9.31 Å². The van der Waals surface area contributed by atoms with Crippen LogP contribution in [0.3, 0.4) is 0 Å². The molecule has 0 aromatic heterocycles. The van der Waals surface area contributed by atoms with Crippen molar-refractivity contribution in [3.63, 3.8) is 0 Å². The van der Waals surface area contributed by atoms with Crippen molar-refractivity contribution in [2.24, 2.45) is 0 Å². The van der Waals surface area contributed by atoms with E-state index in [0.29, 0.717) is 11.3 Å². The molecule has 0 saturated carbocycles. The number of nitrogens with zero attached hydrogens (tertiary/aromatic N) is 1. The van der Waals surface area contributed by atoms with Gasteiger partial charge >= 0.3 is 7.12 Å². The van der Waals surface area contributed by atoms with Crippen molar-refractivity contribution in [3.05, 3.63) is 23.8 Å². The Morgan fingerprint density at radius 1 is 1.09 bits per heavy atom. The summed E-state index contributed by atoms with van der Waals surface area (Å²) in [5.41, 5.74) is -0.149. The number of hydrogen-bond acceptors (Lipinski definition) is 4. The minimum atomic E-state index is -1.47. The number of rotatable bonds is 1. The molecule has 6 heteroatoms. The number of amides is 1. The summed E-state index contributed by atoms with van der Waals surface area (Å²) in [6.07, 6.45) is 0. The molecule has 1 atom stereocenters. The molecule has 0 radical (unpaired) electrons. The van der Waals surface area contributed by atoms with E-state index in [1.807, 2.05) is 39.8 Å². The van der Waals surface area contributed by atoms with Gasteiger partial charge in [0.25, 0.3) is 5.91 Å². The van der Waals surface area contributed by atoms with E-state index < -0.39 is 23.9 Å². The number of fused-ring (bicyclic) bond motifs is 1. The summed E-state index contributed by atoms with van der Waals surface area (Å²) in [4.78, 5) is 13.6. The number of likely N-dealkylation sites (N-methyl/N-ethyl adjacent to an activating group) is 1. The van der Waals surface area contributed by atoms with Gasteiger partial charge in [-0.25, -0.2) is 0 Å². The van der Waals surface area contributed by atoms with E-state index in [1.54, 1.807) is 13.1 Å². The van der Waals surface area contributed by atoms with Crippen LogP contribution in [0.5, 0.6) is 0 Å². The van der Waals surface area contributed by atoms with Gasteiger partial charge in [-0.3, -0.25) is 4.79 Å². The number of hydrogen-bond donors (Lipinski definition) is 1. The van der Waals surface area contributed by atoms with Gasteiger partial charge in [-0.15, -0.1) is 0 Å². The molecular weight excluding hydrogens is 281 g/mol. The quantitative estimate of drug-likeness (QED) is 0.791. The number of benzene rings is 1. The van der Waals surface area contributed by atoms with Crippen LogP contribution in [0.25, 0.3) is 0 Å². The van der Waals surface area contributed by atoms with Crippen molar-refractivity contribution in [2.45, 2.75) is 51.4 Å². The van der Waals surface area contributed by atoms with Gasteiger partial charge in [-0.2, -0.15) is 0 Å². The SMILES string of the molecule is CN1C(=O)[C@](C)(O)c2ccc(B3OC(C)(C)C(C)(C)O3)cc21. The van der Waals surface area contributed by atoms with Crippen LogP contribution in [0.2, 0.25) is 0 Å². The highest BCUT2D eigenvalue weighted by Crippen LogP contribution is 2.40. The normalized spacial score (nSPS) is 29.1. The zero-order valence-electron chi connectivity index (χ0n) is 13.9. The molecule has 3 rings (SSSR count). The molecule has 2 aliphatic rings. The average Bonchev–Trinajstić information content (AvgIpc) is 2.73. The number of carbonyl (C=O) groups excluding carboxylic acids is 1. The molecule has 118 valence electrons. The smallest absolute Gasteiger partial charge is 0.399 e. The molecule has 0 aliphatic carbocycles. The lowest BCUT2D eigenvalue weighted by molar-refractivity contribution is -0.133. The van der Waals surface area contributed by atoms with Crippen LogP contribution in [-0.2, 0) is 19.7 Å². The molecular formula is C16H22BNO4. The topological polar surface area (TPSA) is 59.0 Å². The van der Waals surface area contributed by atoms with Crippen molar-refractivity contribution in [2.75, 3.05) is 11.9 Å². The van der Waals surface area contributed by atoms with Gasteiger partial charge in [0.1, 0.15) is 0 Å². The highest BCUT2D eigenvalue weighted by molar-refractivity contribution is 6.62. The predicted molar refractivity (Wildman–Crippen MR) is 85.1 cm³/mol. The summed E-state index contributed by atoms with van der Waals surface area (Å²) in [6.45, 7) is 9.52. The third-order valence-corrected chi connectivity index (χ3v) is 5.15. The lowest BCUT2D eigenvalue weighted by Crippen LogP contribution is -2.41. The zero-order chi connectivity index (χ0) is 16.5. The maximum atomic E-state index is 12.1. The second kappa shape index (κ2) is 4.34. The van der Waals surface area contributed by atoms with Crippen LogP contribution >= 0.6 is 0 Å². The van der Waals surface area contributed by atoms with Crippen LogP contribution in [0.15, 0.2) is 18.2 Å². The first-order valence-corrected chi connectivity index (χ1v) is 7.48. The Bertz CT molecular complexity index is 638. The van der Waals surface area contributed by atoms with Crippen molar-refractivity contribution in [1.82, 2.24) is 0 Å². The molecule has 0 bridgehead atoms. The number of anilines is 1. The highest BCUT2D eigenvalue weighted by Gasteiger charge is 2.52. The van der Waals surface area contributed by atoms with E-state index in [2.05, 4.69) is 0 Å². The van der Waals surface area contributed by atoms with E-state index in [-0.39, 0.29) is 5.91 Å². The standard InChI is InChI=1S/C16H22BNO4/c1-14(2)15(3,4)22-17(21-14)10-7-8-11-12(9-10)18(6)13(19)16(11,5)20/h7-9,20H,1-6H3/t16-/m1/s1. The van der Waals surface area contributed by atoms with Crippen LogP contribution < -0.4 is 10.4 Å². The van der Waals surface area contributed by atoms with Gasteiger partial charge in [0, 0.05) is 18.3 Å². The first kappa shape index (κ1) is 15.5. The second-order valence-electron chi connectivity index (χ2n) is 7.30. The van der Waals surface area contributed by atoms with Crippen molar-refractivity contribution in [1.29, 1.82) is 0 Å². The van der Waals surface area contributed by atoms with Gasteiger partial charge in [0.15, 0.2) is 5.60 Å². The summed E-state index contributed by atoms with van der Waals surface area (Å²) in [5, 5.41) is 10.4. The molecule has 22 heavy (non-hydrogen) atoms.